The Labute approximate surface area is 114 Å². The number of benzene rings is 2. The fourth-order valence-electron chi connectivity index (χ4n) is 1.84. The molecule has 0 heterocycles. The Balaban J connectivity index is 2.63. The molecule has 0 aliphatic rings. The Bertz CT molecular complexity index is 672. The van der Waals surface area contributed by atoms with Gasteiger partial charge >= 0.3 is 0 Å². The third-order valence-corrected chi connectivity index (χ3v) is 3.39. The molecule has 19 heavy (non-hydrogen) atoms. The molecule has 1 N–H and O–H groups in total. The van der Waals surface area contributed by atoms with Crippen molar-refractivity contribution in [1.29, 1.82) is 5.26 Å². The van der Waals surface area contributed by atoms with Crippen molar-refractivity contribution < 1.29 is 8.76 Å². The van der Waals surface area contributed by atoms with Gasteiger partial charge in [0.1, 0.15) is 0 Å². The van der Waals surface area contributed by atoms with Gasteiger partial charge in [-0.25, -0.2) is 4.21 Å². The zero-order chi connectivity index (χ0) is 13.7. The van der Waals surface area contributed by atoms with Crippen molar-refractivity contribution in [2.45, 2.75) is 4.90 Å². The van der Waals surface area contributed by atoms with Crippen LogP contribution in [0.5, 0.6) is 0 Å². The molecule has 4 heteroatoms. The van der Waals surface area contributed by atoms with E-state index in [1.165, 1.54) is 6.08 Å². The van der Waals surface area contributed by atoms with Crippen LogP contribution in [0, 0.1) is 11.3 Å². The van der Waals surface area contributed by atoms with E-state index in [2.05, 4.69) is 0 Å². The zero-order valence-electron chi connectivity index (χ0n) is 9.98. The average molecular weight is 269 g/mol. The van der Waals surface area contributed by atoms with Crippen LogP contribution in [0.25, 0.3) is 5.57 Å². The highest BCUT2D eigenvalue weighted by atomic mass is 32.2. The lowest BCUT2D eigenvalue weighted by Gasteiger charge is -2.10. The van der Waals surface area contributed by atoms with Gasteiger partial charge < -0.3 is 4.55 Å². The Kier molecular flexibility index (Phi) is 4.24. The minimum atomic E-state index is -2.09. The Hall–Kier alpha value is -2.22. The summed E-state index contributed by atoms with van der Waals surface area (Å²) in [4.78, 5) is 0.299. The van der Waals surface area contributed by atoms with Crippen molar-refractivity contribution in [3.63, 3.8) is 0 Å². The summed E-state index contributed by atoms with van der Waals surface area (Å²) in [5, 5.41) is 8.92. The molecule has 1 atom stereocenters. The maximum atomic E-state index is 11.4. The Morgan fingerprint density at radius 2 is 1.74 bits per heavy atom. The summed E-state index contributed by atoms with van der Waals surface area (Å²) < 4.78 is 20.7. The average Bonchev–Trinajstić information content (AvgIpc) is 2.45. The van der Waals surface area contributed by atoms with E-state index in [9.17, 15) is 8.76 Å². The molecular formula is C15H11NO2S. The lowest BCUT2D eigenvalue weighted by atomic mass is 9.98. The summed E-state index contributed by atoms with van der Waals surface area (Å²) in [6.45, 7) is 0. The second kappa shape index (κ2) is 6.10. The second-order valence-electron chi connectivity index (χ2n) is 3.80. The number of hydrogen-bond donors (Lipinski definition) is 1. The van der Waals surface area contributed by atoms with E-state index in [-0.39, 0.29) is 0 Å². The first-order valence-electron chi connectivity index (χ1n) is 5.59. The number of nitriles is 1. The molecule has 2 aromatic carbocycles. The van der Waals surface area contributed by atoms with E-state index >= 15 is 0 Å². The number of nitrogens with zero attached hydrogens (tertiary/aromatic N) is 1. The van der Waals surface area contributed by atoms with Crippen LogP contribution in [0.2, 0.25) is 0 Å². The summed E-state index contributed by atoms with van der Waals surface area (Å²) in [5.41, 5.74) is 2.07. The summed E-state index contributed by atoms with van der Waals surface area (Å²) in [7, 11) is 0. The molecule has 0 radical (unpaired) electrons. The number of hydrogen-bond acceptors (Lipinski definition) is 2. The molecule has 0 bridgehead atoms. The molecule has 0 fully saturated rings. The molecule has 0 saturated heterocycles. The monoisotopic (exact) mass is 269 g/mol. The summed E-state index contributed by atoms with van der Waals surface area (Å²) in [6, 6.07) is 18.1. The smallest absolute Gasteiger partial charge is 0.187 e. The van der Waals surface area contributed by atoms with Crippen LogP contribution in [0.15, 0.2) is 65.6 Å². The molecule has 3 nitrogen and oxygen atoms in total. The molecule has 1 unspecified atom stereocenters. The highest BCUT2D eigenvalue weighted by Gasteiger charge is 2.12. The van der Waals surface area contributed by atoms with Crippen molar-refractivity contribution in [2.24, 2.45) is 0 Å². The first-order chi connectivity index (χ1) is 9.24. The van der Waals surface area contributed by atoms with E-state index < -0.39 is 11.1 Å². The second-order valence-corrected chi connectivity index (χ2v) is 4.74. The van der Waals surface area contributed by atoms with Gasteiger partial charge in [-0.2, -0.15) is 5.26 Å². The van der Waals surface area contributed by atoms with E-state index in [0.717, 1.165) is 5.56 Å². The standard InChI is InChI=1S/C15H11NO2S/c16-11-10-13(12-6-2-1-3-7-12)14-8-4-5-9-15(14)19(17)18/h1-10H,(H,17,18). The van der Waals surface area contributed by atoms with Gasteiger partial charge in [0, 0.05) is 17.2 Å². The molecule has 0 spiro atoms. The highest BCUT2D eigenvalue weighted by Crippen LogP contribution is 2.27. The fourth-order valence-corrected chi connectivity index (χ4v) is 2.40. The van der Waals surface area contributed by atoms with Gasteiger partial charge in [-0.3, -0.25) is 0 Å². The first kappa shape index (κ1) is 13.2. The van der Waals surface area contributed by atoms with Crippen LogP contribution in [-0.4, -0.2) is 8.76 Å². The van der Waals surface area contributed by atoms with Crippen molar-refractivity contribution in [2.75, 3.05) is 0 Å². The van der Waals surface area contributed by atoms with E-state index in [1.54, 1.807) is 24.3 Å². The third kappa shape index (κ3) is 2.97. The number of rotatable bonds is 3. The third-order valence-electron chi connectivity index (χ3n) is 2.66. The Morgan fingerprint density at radius 1 is 1.11 bits per heavy atom. The van der Waals surface area contributed by atoms with Gasteiger partial charge in [0.15, 0.2) is 11.1 Å². The predicted molar refractivity (Wildman–Crippen MR) is 74.6 cm³/mol. The largest absolute Gasteiger partial charge is 0.302 e. The molecule has 2 rings (SSSR count). The van der Waals surface area contributed by atoms with Crippen LogP contribution in [0.4, 0.5) is 0 Å². The molecular weight excluding hydrogens is 258 g/mol. The van der Waals surface area contributed by atoms with E-state index in [1.807, 2.05) is 36.4 Å². The van der Waals surface area contributed by atoms with Crippen LogP contribution in [0.1, 0.15) is 11.1 Å². The molecule has 2 aromatic rings. The van der Waals surface area contributed by atoms with E-state index in [0.29, 0.717) is 16.0 Å². The normalized spacial score (nSPS) is 12.7. The maximum absolute atomic E-state index is 11.4. The van der Waals surface area contributed by atoms with Crippen LogP contribution >= 0.6 is 0 Å². The van der Waals surface area contributed by atoms with Gasteiger partial charge in [0.25, 0.3) is 0 Å². The van der Waals surface area contributed by atoms with Gasteiger partial charge in [-0.05, 0) is 11.6 Å². The lowest BCUT2D eigenvalue weighted by molar-refractivity contribution is 0.564. The summed E-state index contributed by atoms with van der Waals surface area (Å²) in [6.07, 6.45) is 1.39. The predicted octanol–water partition coefficient (Wildman–Crippen LogP) is 3.22. The van der Waals surface area contributed by atoms with Gasteiger partial charge in [-0.1, -0.05) is 48.5 Å². The van der Waals surface area contributed by atoms with E-state index in [4.69, 9.17) is 5.26 Å². The van der Waals surface area contributed by atoms with Crippen LogP contribution in [-0.2, 0) is 11.1 Å². The van der Waals surface area contributed by atoms with Gasteiger partial charge in [0.2, 0.25) is 0 Å². The molecule has 0 saturated carbocycles. The molecule has 0 aliphatic carbocycles. The number of allylic oxidation sites excluding steroid dienone is 1. The minimum Gasteiger partial charge on any atom is -0.302 e. The van der Waals surface area contributed by atoms with Crippen molar-refractivity contribution in [3.05, 3.63) is 71.8 Å². The minimum absolute atomic E-state index is 0.299. The molecule has 0 aliphatic heterocycles. The highest BCUT2D eigenvalue weighted by molar-refractivity contribution is 7.79. The zero-order valence-corrected chi connectivity index (χ0v) is 10.8. The maximum Gasteiger partial charge on any atom is 0.187 e. The summed E-state index contributed by atoms with van der Waals surface area (Å²) in [5.74, 6) is 0. The first-order valence-corrected chi connectivity index (χ1v) is 6.70. The Morgan fingerprint density at radius 3 is 2.37 bits per heavy atom. The fraction of sp³-hybridized carbons (Fsp3) is 0. The molecule has 0 aromatic heterocycles. The molecule has 0 amide bonds. The molecule has 94 valence electrons. The van der Waals surface area contributed by atoms with Gasteiger partial charge in [-0.15, -0.1) is 0 Å². The van der Waals surface area contributed by atoms with Crippen molar-refractivity contribution in [3.8, 4) is 6.07 Å². The lowest BCUT2D eigenvalue weighted by Crippen LogP contribution is -1.97. The topological polar surface area (TPSA) is 61.1 Å². The van der Waals surface area contributed by atoms with Gasteiger partial charge in [0.05, 0.1) is 11.0 Å². The van der Waals surface area contributed by atoms with Crippen molar-refractivity contribution >= 4 is 16.7 Å². The van der Waals surface area contributed by atoms with Crippen LogP contribution in [0.3, 0.4) is 0 Å². The van der Waals surface area contributed by atoms with Crippen LogP contribution < -0.4 is 0 Å². The van der Waals surface area contributed by atoms with Crippen molar-refractivity contribution in [1.82, 2.24) is 0 Å². The summed E-state index contributed by atoms with van der Waals surface area (Å²) >= 11 is -2.09. The quantitative estimate of drug-likeness (QED) is 0.687. The SMILES string of the molecule is N#CC=C(c1ccccc1)c1ccccc1S(=O)O.